The summed E-state index contributed by atoms with van der Waals surface area (Å²) in [5.41, 5.74) is -0.930. The first-order chi connectivity index (χ1) is 12.1. The van der Waals surface area contributed by atoms with Gasteiger partial charge in [-0.1, -0.05) is 29.8 Å². The van der Waals surface area contributed by atoms with Crippen LogP contribution >= 0.6 is 11.6 Å². The second kappa shape index (κ2) is 7.55. The molecule has 2 rings (SSSR count). The lowest BCUT2D eigenvalue weighted by molar-refractivity contribution is -0.152. The van der Waals surface area contributed by atoms with E-state index in [4.69, 9.17) is 16.3 Å². The maximum Gasteiger partial charge on any atom is 0.326 e. The number of aliphatic hydroxyl groups is 1. The van der Waals surface area contributed by atoms with E-state index in [1.165, 1.54) is 7.11 Å². The van der Waals surface area contributed by atoms with Crippen molar-refractivity contribution in [3.63, 3.8) is 0 Å². The Kier molecular flexibility index (Phi) is 6.00. The summed E-state index contributed by atoms with van der Waals surface area (Å²) in [4.78, 5) is 27.3. The zero-order valence-corrected chi connectivity index (χ0v) is 16.6. The zero-order chi connectivity index (χ0) is 19.7. The highest BCUT2D eigenvalue weighted by molar-refractivity contribution is 6.31. The molecule has 6 nitrogen and oxygen atoms in total. The lowest BCUT2D eigenvalue weighted by Gasteiger charge is -2.33. The molecule has 0 spiro atoms. The highest BCUT2D eigenvalue weighted by Gasteiger charge is 2.55. The molecule has 1 heterocycles. The van der Waals surface area contributed by atoms with Gasteiger partial charge in [-0.05, 0) is 45.9 Å². The lowest BCUT2D eigenvalue weighted by atomic mass is 9.88. The first-order valence-corrected chi connectivity index (χ1v) is 8.94. The number of likely N-dealkylation sites (N-methyl/N-ethyl adjacent to an activating group) is 1. The predicted octanol–water partition coefficient (Wildman–Crippen LogP) is 2.15. The van der Waals surface area contributed by atoms with Crippen LogP contribution in [0.2, 0.25) is 5.02 Å². The number of esters is 1. The van der Waals surface area contributed by atoms with Crippen LogP contribution in [0.4, 0.5) is 0 Å². The largest absolute Gasteiger partial charge is 0.468 e. The predicted molar refractivity (Wildman–Crippen MR) is 99.8 cm³/mol. The van der Waals surface area contributed by atoms with Gasteiger partial charge in [0, 0.05) is 11.1 Å². The highest BCUT2D eigenvalue weighted by atomic mass is 35.5. The molecule has 1 aliphatic rings. The van der Waals surface area contributed by atoms with E-state index in [1.807, 2.05) is 23.1 Å². The Labute approximate surface area is 159 Å². The van der Waals surface area contributed by atoms with Gasteiger partial charge in [-0.3, -0.25) is 14.5 Å². The lowest BCUT2D eigenvalue weighted by Crippen LogP contribution is -2.49. The molecule has 1 fully saturated rings. The van der Waals surface area contributed by atoms with E-state index in [1.54, 1.807) is 33.9 Å². The SMILES string of the molecule is COC(=O)[C@]1(C)C[C@H](C(=O)NC(C)(C)CO)[C@H](c2ccccc2Cl)N1C. The van der Waals surface area contributed by atoms with Gasteiger partial charge in [-0.25, -0.2) is 0 Å². The van der Waals surface area contributed by atoms with Crippen molar-refractivity contribution in [3.05, 3.63) is 34.9 Å². The number of ether oxygens (including phenoxy) is 1. The van der Waals surface area contributed by atoms with Crippen molar-refractivity contribution in [1.29, 1.82) is 0 Å². The van der Waals surface area contributed by atoms with Crippen molar-refractivity contribution in [1.82, 2.24) is 10.2 Å². The summed E-state index contributed by atoms with van der Waals surface area (Å²) in [5.74, 6) is -1.14. The number of nitrogens with one attached hydrogen (secondary N) is 1. The third kappa shape index (κ3) is 3.72. The van der Waals surface area contributed by atoms with Gasteiger partial charge in [0.2, 0.25) is 5.91 Å². The third-order valence-corrected chi connectivity index (χ3v) is 5.58. The number of hydrogen-bond donors (Lipinski definition) is 2. The molecule has 0 aliphatic carbocycles. The normalized spacial score (nSPS) is 26.6. The average molecular weight is 383 g/mol. The van der Waals surface area contributed by atoms with Crippen LogP contribution in [0.1, 0.15) is 38.8 Å². The summed E-state index contributed by atoms with van der Waals surface area (Å²) in [7, 11) is 3.14. The molecule has 2 N–H and O–H groups in total. The molecule has 3 atom stereocenters. The Bertz CT molecular complexity index is 694. The van der Waals surface area contributed by atoms with Crippen LogP contribution in [-0.4, -0.2) is 53.7 Å². The van der Waals surface area contributed by atoms with Crippen LogP contribution in [0, 0.1) is 5.92 Å². The van der Waals surface area contributed by atoms with E-state index in [0.29, 0.717) is 11.4 Å². The van der Waals surface area contributed by atoms with Gasteiger partial charge in [0.1, 0.15) is 5.54 Å². The molecule has 0 aromatic heterocycles. The first-order valence-electron chi connectivity index (χ1n) is 8.56. The smallest absolute Gasteiger partial charge is 0.326 e. The summed E-state index contributed by atoms with van der Waals surface area (Å²) in [6, 6.07) is 6.93. The minimum Gasteiger partial charge on any atom is -0.468 e. The number of aliphatic hydroxyl groups excluding tert-OH is 1. The zero-order valence-electron chi connectivity index (χ0n) is 15.9. The molecule has 0 saturated carbocycles. The molecule has 144 valence electrons. The number of halogens is 1. The molecule has 1 aromatic carbocycles. The van der Waals surface area contributed by atoms with E-state index in [9.17, 15) is 14.7 Å². The van der Waals surface area contributed by atoms with E-state index < -0.39 is 23.0 Å². The van der Waals surface area contributed by atoms with Gasteiger partial charge in [-0.15, -0.1) is 0 Å². The van der Waals surface area contributed by atoms with E-state index in [0.717, 1.165) is 5.56 Å². The molecule has 7 heteroatoms. The number of nitrogens with zero attached hydrogens (tertiary/aromatic N) is 1. The van der Waals surface area contributed by atoms with E-state index >= 15 is 0 Å². The van der Waals surface area contributed by atoms with Crippen molar-refractivity contribution in [2.45, 2.75) is 44.3 Å². The third-order valence-electron chi connectivity index (χ3n) is 5.24. The maximum absolute atomic E-state index is 13.0. The molecule has 1 saturated heterocycles. The fraction of sp³-hybridized carbons (Fsp3) is 0.579. The molecule has 0 bridgehead atoms. The van der Waals surface area contributed by atoms with Crippen molar-refractivity contribution in [2.24, 2.45) is 5.92 Å². The summed E-state index contributed by atoms with van der Waals surface area (Å²) < 4.78 is 4.99. The van der Waals surface area contributed by atoms with Crippen LogP contribution < -0.4 is 5.32 Å². The quantitative estimate of drug-likeness (QED) is 0.763. The maximum atomic E-state index is 13.0. The standard InChI is InChI=1S/C19H27ClN2O4/c1-18(2,11-23)21-16(24)13-10-19(3,17(25)26-5)22(4)15(13)12-8-6-7-9-14(12)20/h6-9,13,15,23H,10-11H2,1-5H3,(H,21,24)/t13-,15-,19-/m0/s1. The number of hydrogen-bond acceptors (Lipinski definition) is 5. The number of methoxy groups -OCH3 is 1. The Hall–Kier alpha value is -1.63. The molecule has 1 aliphatic heterocycles. The molecule has 26 heavy (non-hydrogen) atoms. The molecule has 1 amide bonds. The van der Waals surface area contributed by atoms with Gasteiger partial charge in [-0.2, -0.15) is 0 Å². The highest BCUT2D eigenvalue weighted by Crippen LogP contribution is 2.47. The molecule has 1 aromatic rings. The second-order valence-corrected chi connectivity index (χ2v) is 8.09. The number of likely N-dealkylation sites (tertiary alicyclic amines) is 1. The second-order valence-electron chi connectivity index (χ2n) is 7.68. The van der Waals surface area contributed by atoms with Gasteiger partial charge in [0.25, 0.3) is 0 Å². The average Bonchev–Trinajstić information content (AvgIpc) is 2.87. The Balaban J connectivity index is 2.47. The van der Waals surface area contributed by atoms with Crippen molar-refractivity contribution < 1.29 is 19.4 Å². The number of benzene rings is 1. The number of carbonyl (C=O) groups is 2. The van der Waals surface area contributed by atoms with Crippen LogP contribution in [0.5, 0.6) is 0 Å². The summed E-state index contributed by atoms with van der Waals surface area (Å²) >= 11 is 6.39. The minimum absolute atomic E-state index is 0.188. The molecular formula is C19H27ClN2O4. The number of carbonyl (C=O) groups excluding carboxylic acids is 2. The molecule has 0 unspecified atom stereocenters. The van der Waals surface area contributed by atoms with Crippen LogP contribution in [-0.2, 0) is 14.3 Å². The van der Waals surface area contributed by atoms with Crippen LogP contribution in [0.25, 0.3) is 0 Å². The van der Waals surface area contributed by atoms with Crippen LogP contribution in [0.15, 0.2) is 24.3 Å². The minimum atomic E-state index is -0.954. The number of amides is 1. The molecular weight excluding hydrogens is 356 g/mol. The van der Waals surface area contributed by atoms with Gasteiger partial charge in [0.15, 0.2) is 0 Å². The van der Waals surface area contributed by atoms with E-state index in [-0.39, 0.29) is 18.6 Å². The Morgan fingerprint density at radius 1 is 1.42 bits per heavy atom. The summed E-state index contributed by atoms with van der Waals surface area (Å²) in [6.45, 7) is 5.07. The van der Waals surface area contributed by atoms with Crippen molar-refractivity contribution >= 4 is 23.5 Å². The van der Waals surface area contributed by atoms with Gasteiger partial charge >= 0.3 is 5.97 Å². The van der Waals surface area contributed by atoms with Gasteiger partial charge in [0.05, 0.1) is 25.2 Å². The fourth-order valence-electron chi connectivity index (χ4n) is 3.55. The first kappa shape index (κ1) is 20.7. The van der Waals surface area contributed by atoms with E-state index in [2.05, 4.69) is 5.32 Å². The number of rotatable bonds is 5. The molecule has 0 radical (unpaired) electrons. The Morgan fingerprint density at radius 2 is 2.04 bits per heavy atom. The summed E-state index contributed by atoms with van der Waals surface area (Å²) in [5, 5.41) is 12.9. The van der Waals surface area contributed by atoms with Crippen molar-refractivity contribution in [3.8, 4) is 0 Å². The van der Waals surface area contributed by atoms with Gasteiger partial charge < -0.3 is 15.2 Å². The van der Waals surface area contributed by atoms with Crippen LogP contribution in [0.3, 0.4) is 0 Å². The Morgan fingerprint density at radius 3 is 2.58 bits per heavy atom. The summed E-state index contributed by atoms with van der Waals surface area (Å²) in [6.07, 6.45) is 0.291. The monoisotopic (exact) mass is 382 g/mol. The fourth-order valence-corrected chi connectivity index (χ4v) is 3.80. The topological polar surface area (TPSA) is 78.9 Å². The van der Waals surface area contributed by atoms with Crippen molar-refractivity contribution in [2.75, 3.05) is 20.8 Å².